The molecule has 0 aromatic heterocycles. The van der Waals surface area contributed by atoms with E-state index in [2.05, 4.69) is 11.6 Å². The number of nitrogens with two attached hydrogens (primary N) is 1. The maximum atomic E-state index is 12.4. The summed E-state index contributed by atoms with van der Waals surface area (Å²) >= 11 is 0. The molecular weight excluding hydrogens is 272 g/mol. The van der Waals surface area contributed by atoms with Crippen molar-refractivity contribution in [2.75, 3.05) is 0 Å². The van der Waals surface area contributed by atoms with Gasteiger partial charge in [0.05, 0.1) is 4.90 Å². The van der Waals surface area contributed by atoms with Gasteiger partial charge in [0.1, 0.15) is 0 Å². The van der Waals surface area contributed by atoms with Crippen LogP contribution in [0.3, 0.4) is 0 Å². The van der Waals surface area contributed by atoms with E-state index in [4.69, 9.17) is 5.73 Å². The molecule has 1 saturated carbocycles. The van der Waals surface area contributed by atoms with E-state index in [-0.39, 0.29) is 6.04 Å². The average molecular weight is 296 g/mol. The Morgan fingerprint density at radius 3 is 2.70 bits per heavy atom. The number of hydrogen-bond donors (Lipinski definition) is 2. The van der Waals surface area contributed by atoms with Gasteiger partial charge < -0.3 is 5.73 Å². The Morgan fingerprint density at radius 2 is 2.10 bits per heavy atom. The van der Waals surface area contributed by atoms with Crippen LogP contribution in [0.25, 0.3) is 0 Å². The summed E-state index contributed by atoms with van der Waals surface area (Å²) in [5.74, 6) is 0.595. The van der Waals surface area contributed by atoms with Crippen molar-refractivity contribution in [1.29, 1.82) is 0 Å². The molecule has 3 N–H and O–H groups in total. The predicted molar refractivity (Wildman–Crippen MR) is 80.8 cm³/mol. The lowest BCUT2D eigenvalue weighted by Gasteiger charge is -2.27. The molecule has 112 valence electrons. The zero-order chi connectivity index (χ0) is 14.8. The van der Waals surface area contributed by atoms with E-state index in [0.29, 0.717) is 17.4 Å². The molecule has 2 unspecified atom stereocenters. The number of nitrogens with one attached hydrogen (secondary N) is 1. The Morgan fingerprint density at radius 1 is 1.35 bits per heavy atom. The van der Waals surface area contributed by atoms with Crippen LogP contribution in [0.2, 0.25) is 0 Å². The van der Waals surface area contributed by atoms with Gasteiger partial charge >= 0.3 is 0 Å². The number of sulfonamides is 1. The smallest absolute Gasteiger partial charge is 0.240 e. The molecule has 20 heavy (non-hydrogen) atoms. The van der Waals surface area contributed by atoms with E-state index in [9.17, 15) is 8.42 Å². The molecular formula is C15H24N2O2S. The van der Waals surface area contributed by atoms with Gasteiger partial charge in [-0.1, -0.05) is 25.8 Å². The van der Waals surface area contributed by atoms with Crippen LogP contribution in [0.15, 0.2) is 23.1 Å². The summed E-state index contributed by atoms with van der Waals surface area (Å²) in [5.41, 5.74) is 7.51. The molecule has 1 aliphatic rings. The third-order valence-corrected chi connectivity index (χ3v) is 5.62. The van der Waals surface area contributed by atoms with Crippen LogP contribution < -0.4 is 10.5 Å². The highest BCUT2D eigenvalue weighted by atomic mass is 32.2. The summed E-state index contributed by atoms with van der Waals surface area (Å²) in [6, 6.07) is 5.21. The van der Waals surface area contributed by atoms with E-state index in [1.165, 1.54) is 6.42 Å². The van der Waals surface area contributed by atoms with Crippen LogP contribution in [0.5, 0.6) is 0 Å². The molecule has 1 aromatic rings. The Bertz CT molecular complexity index is 569. The normalized spacial score (nSPS) is 23.8. The molecule has 2 rings (SSSR count). The van der Waals surface area contributed by atoms with Crippen molar-refractivity contribution < 1.29 is 8.42 Å². The standard InChI is InChI=1S/C15H24N2O2S/c1-11-4-3-5-14(8-11)17-20(18,19)15-7-6-13(10-16)12(2)9-15/h6-7,9,11,14,17H,3-5,8,10,16H2,1-2H3. The fourth-order valence-corrected chi connectivity index (χ4v) is 4.26. The van der Waals surface area contributed by atoms with Crippen molar-refractivity contribution in [2.45, 2.75) is 57.0 Å². The molecule has 1 aliphatic carbocycles. The molecule has 2 atom stereocenters. The van der Waals surface area contributed by atoms with Gasteiger partial charge in [0.25, 0.3) is 0 Å². The maximum absolute atomic E-state index is 12.4. The minimum Gasteiger partial charge on any atom is -0.326 e. The Kier molecular flexibility index (Phi) is 4.83. The quantitative estimate of drug-likeness (QED) is 0.895. The maximum Gasteiger partial charge on any atom is 0.240 e. The summed E-state index contributed by atoms with van der Waals surface area (Å²) in [6.45, 7) is 4.50. The Labute approximate surface area is 121 Å². The van der Waals surface area contributed by atoms with Crippen LogP contribution in [-0.2, 0) is 16.6 Å². The van der Waals surface area contributed by atoms with Crippen molar-refractivity contribution >= 4 is 10.0 Å². The van der Waals surface area contributed by atoms with Crippen LogP contribution in [-0.4, -0.2) is 14.5 Å². The second-order valence-electron chi connectivity index (χ2n) is 5.88. The lowest BCUT2D eigenvalue weighted by atomic mass is 9.88. The predicted octanol–water partition coefficient (Wildman–Crippen LogP) is 2.31. The first-order valence-electron chi connectivity index (χ1n) is 7.24. The Hall–Kier alpha value is -0.910. The van der Waals surface area contributed by atoms with Crippen LogP contribution in [0.4, 0.5) is 0 Å². The van der Waals surface area contributed by atoms with Gasteiger partial charge in [-0.25, -0.2) is 13.1 Å². The van der Waals surface area contributed by atoms with Crippen molar-refractivity contribution in [2.24, 2.45) is 11.7 Å². The van der Waals surface area contributed by atoms with E-state index >= 15 is 0 Å². The molecule has 0 bridgehead atoms. The van der Waals surface area contributed by atoms with Crippen molar-refractivity contribution in [3.05, 3.63) is 29.3 Å². The topological polar surface area (TPSA) is 72.2 Å². The van der Waals surface area contributed by atoms with Crippen molar-refractivity contribution in [3.63, 3.8) is 0 Å². The van der Waals surface area contributed by atoms with Gasteiger partial charge in [0.15, 0.2) is 0 Å². The molecule has 4 nitrogen and oxygen atoms in total. The third kappa shape index (κ3) is 3.59. The highest BCUT2D eigenvalue weighted by molar-refractivity contribution is 7.89. The van der Waals surface area contributed by atoms with E-state index in [1.54, 1.807) is 18.2 Å². The van der Waals surface area contributed by atoms with Gasteiger partial charge in [-0.2, -0.15) is 0 Å². The molecule has 0 radical (unpaired) electrons. The summed E-state index contributed by atoms with van der Waals surface area (Å²) in [4.78, 5) is 0.338. The van der Waals surface area contributed by atoms with E-state index in [1.807, 2.05) is 6.92 Å². The number of hydrogen-bond acceptors (Lipinski definition) is 3. The average Bonchev–Trinajstić information content (AvgIpc) is 2.38. The summed E-state index contributed by atoms with van der Waals surface area (Å²) in [6.07, 6.45) is 4.16. The third-order valence-electron chi connectivity index (χ3n) is 4.10. The summed E-state index contributed by atoms with van der Waals surface area (Å²) in [7, 11) is -3.42. The van der Waals surface area contributed by atoms with Gasteiger partial charge in [0.2, 0.25) is 10.0 Å². The zero-order valence-corrected chi connectivity index (χ0v) is 13.0. The van der Waals surface area contributed by atoms with Gasteiger partial charge in [-0.3, -0.25) is 0 Å². The highest BCUT2D eigenvalue weighted by Gasteiger charge is 2.24. The number of aryl methyl sites for hydroxylation is 1. The fourth-order valence-electron chi connectivity index (χ4n) is 2.89. The lowest BCUT2D eigenvalue weighted by Crippen LogP contribution is -2.37. The molecule has 0 aliphatic heterocycles. The van der Waals surface area contributed by atoms with E-state index < -0.39 is 10.0 Å². The molecule has 0 heterocycles. The van der Waals surface area contributed by atoms with Crippen LogP contribution in [0, 0.1) is 12.8 Å². The van der Waals surface area contributed by atoms with Crippen molar-refractivity contribution in [1.82, 2.24) is 4.72 Å². The Balaban J connectivity index is 2.15. The molecule has 5 heteroatoms. The number of benzene rings is 1. The van der Waals surface area contributed by atoms with E-state index in [0.717, 1.165) is 30.4 Å². The molecule has 1 aromatic carbocycles. The second kappa shape index (κ2) is 6.24. The van der Waals surface area contributed by atoms with Gasteiger partial charge in [-0.15, -0.1) is 0 Å². The van der Waals surface area contributed by atoms with Gasteiger partial charge in [-0.05, 0) is 48.9 Å². The fraction of sp³-hybridized carbons (Fsp3) is 0.600. The molecule has 0 amide bonds. The van der Waals surface area contributed by atoms with Crippen molar-refractivity contribution in [3.8, 4) is 0 Å². The molecule has 1 fully saturated rings. The van der Waals surface area contributed by atoms with Crippen LogP contribution >= 0.6 is 0 Å². The minimum atomic E-state index is -3.42. The largest absolute Gasteiger partial charge is 0.326 e. The monoisotopic (exact) mass is 296 g/mol. The zero-order valence-electron chi connectivity index (χ0n) is 12.2. The molecule has 0 spiro atoms. The first kappa shape index (κ1) is 15.5. The number of rotatable bonds is 4. The van der Waals surface area contributed by atoms with Gasteiger partial charge in [0, 0.05) is 12.6 Å². The highest BCUT2D eigenvalue weighted by Crippen LogP contribution is 2.25. The first-order valence-corrected chi connectivity index (χ1v) is 8.72. The lowest BCUT2D eigenvalue weighted by molar-refractivity contribution is 0.327. The summed E-state index contributed by atoms with van der Waals surface area (Å²) < 4.78 is 27.7. The first-order chi connectivity index (χ1) is 9.42. The van der Waals surface area contributed by atoms with Crippen LogP contribution in [0.1, 0.15) is 43.7 Å². The SMILES string of the molecule is Cc1cc(S(=O)(=O)NC2CCCC(C)C2)ccc1CN. The second-order valence-corrected chi connectivity index (χ2v) is 7.60. The molecule has 0 saturated heterocycles. The summed E-state index contributed by atoms with van der Waals surface area (Å²) in [5, 5.41) is 0. The minimum absolute atomic E-state index is 0.0678.